The number of carboxylic acid groups (broad SMARTS) is 1. The molecule has 0 saturated carbocycles. The molecule has 35 heavy (non-hydrogen) atoms. The van der Waals surface area contributed by atoms with Gasteiger partial charge in [-0.1, -0.05) is 30.3 Å². The standard InChI is InChI=1S/C28H32N2O5/c1-19-24(18-25(35-19)20-6-4-3-5-7-20)27(21-13-16-34-17-14-21)29-23-10-8-22(9-11-23)28(33)30(2)15-12-26(31)32/h3-11,18,21,27,29H,12-17H2,1-2H3,(H,31,32). The number of anilines is 1. The largest absolute Gasteiger partial charge is 0.481 e. The highest BCUT2D eigenvalue weighted by Gasteiger charge is 2.29. The Bertz CT molecular complexity index is 1130. The van der Waals surface area contributed by atoms with E-state index in [0.29, 0.717) is 11.5 Å². The average molecular weight is 477 g/mol. The van der Waals surface area contributed by atoms with Crippen LogP contribution in [0, 0.1) is 12.8 Å². The van der Waals surface area contributed by atoms with E-state index >= 15 is 0 Å². The van der Waals surface area contributed by atoms with Gasteiger partial charge in [0.2, 0.25) is 0 Å². The molecule has 1 aliphatic rings. The number of carbonyl (C=O) groups is 2. The quantitative estimate of drug-likeness (QED) is 0.431. The van der Waals surface area contributed by atoms with E-state index < -0.39 is 5.97 Å². The minimum absolute atomic E-state index is 0.0416. The fourth-order valence-corrected chi connectivity index (χ4v) is 4.52. The summed E-state index contributed by atoms with van der Waals surface area (Å²) in [6.07, 6.45) is 1.82. The molecule has 1 atom stereocenters. The molecule has 2 heterocycles. The normalized spacial score (nSPS) is 14.9. The summed E-state index contributed by atoms with van der Waals surface area (Å²) in [6.45, 7) is 3.65. The number of carboxylic acids is 1. The number of rotatable bonds is 9. The highest BCUT2D eigenvalue weighted by Crippen LogP contribution is 2.38. The summed E-state index contributed by atoms with van der Waals surface area (Å²) in [6, 6.07) is 19.6. The number of ether oxygens (including phenoxy) is 1. The Morgan fingerprint density at radius 2 is 1.77 bits per heavy atom. The predicted octanol–water partition coefficient (Wildman–Crippen LogP) is 5.38. The second-order valence-electron chi connectivity index (χ2n) is 9.01. The summed E-state index contributed by atoms with van der Waals surface area (Å²) < 4.78 is 11.8. The molecule has 0 bridgehead atoms. The van der Waals surface area contributed by atoms with E-state index in [1.165, 1.54) is 4.90 Å². The Kier molecular flexibility index (Phi) is 7.87. The molecular formula is C28H32N2O5. The van der Waals surface area contributed by atoms with Crippen LogP contribution in [0.4, 0.5) is 5.69 Å². The zero-order chi connectivity index (χ0) is 24.8. The molecule has 3 aromatic rings. The molecule has 1 aliphatic heterocycles. The van der Waals surface area contributed by atoms with Crippen molar-refractivity contribution >= 4 is 17.6 Å². The highest BCUT2D eigenvalue weighted by molar-refractivity contribution is 5.94. The smallest absolute Gasteiger partial charge is 0.305 e. The number of carbonyl (C=O) groups excluding carboxylic acids is 1. The molecule has 1 fully saturated rings. The molecule has 2 N–H and O–H groups in total. The van der Waals surface area contributed by atoms with Crippen LogP contribution in [0.2, 0.25) is 0 Å². The zero-order valence-electron chi connectivity index (χ0n) is 20.2. The van der Waals surface area contributed by atoms with Gasteiger partial charge in [0.05, 0.1) is 12.5 Å². The molecule has 7 heteroatoms. The summed E-state index contributed by atoms with van der Waals surface area (Å²) in [5.74, 6) is 0.999. The van der Waals surface area contributed by atoms with Gasteiger partial charge in [0, 0.05) is 49.2 Å². The van der Waals surface area contributed by atoms with Gasteiger partial charge in [0.1, 0.15) is 11.5 Å². The van der Waals surface area contributed by atoms with Gasteiger partial charge in [-0.15, -0.1) is 0 Å². The molecular weight excluding hydrogens is 444 g/mol. The summed E-state index contributed by atoms with van der Waals surface area (Å²) in [4.78, 5) is 24.9. The number of hydrogen-bond donors (Lipinski definition) is 2. The summed E-state index contributed by atoms with van der Waals surface area (Å²) >= 11 is 0. The molecule has 0 aliphatic carbocycles. The van der Waals surface area contributed by atoms with Crippen molar-refractivity contribution in [3.8, 4) is 11.3 Å². The predicted molar refractivity (Wildman–Crippen MR) is 134 cm³/mol. The van der Waals surface area contributed by atoms with Crippen molar-refractivity contribution < 1.29 is 23.8 Å². The number of furan rings is 1. The average Bonchev–Trinajstić information content (AvgIpc) is 3.28. The topological polar surface area (TPSA) is 92.0 Å². The van der Waals surface area contributed by atoms with Crippen molar-refractivity contribution in [2.24, 2.45) is 5.92 Å². The molecule has 2 aromatic carbocycles. The molecule has 0 radical (unpaired) electrons. The third-order valence-corrected chi connectivity index (χ3v) is 6.55. The van der Waals surface area contributed by atoms with Crippen LogP contribution in [0.3, 0.4) is 0 Å². The van der Waals surface area contributed by atoms with E-state index in [1.807, 2.05) is 49.4 Å². The van der Waals surface area contributed by atoms with Crippen LogP contribution in [0.25, 0.3) is 11.3 Å². The third kappa shape index (κ3) is 6.11. The van der Waals surface area contributed by atoms with Gasteiger partial charge >= 0.3 is 5.97 Å². The number of aliphatic carboxylic acids is 1. The van der Waals surface area contributed by atoms with Crippen molar-refractivity contribution in [1.82, 2.24) is 4.90 Å². The van der Waals surface area contributed by atoms with Crippen molar-refractivity contribution in [3.05, 3.63) is 77.6 Å². The molecule has 1 amide bonds. The van der Waals surface area contributed by atoms with Crippen LogP contribution in [0.15, 0.2) is 65.1 Å². The second kappa shape index (κ2) is 11.2. The van der Waals surface area contributed by atoms with Crippen molar-refractivity contribution in [1.29, 1.82) is 0 Å². The van der Waals surface area contributed by atoms with E-state index in [0.717, 1.165) is 54.4 Å². The lowest BCUT2D eigenvalue weighted by Crippen LogP contribution is -2.29. The fourth-order valence-electron chi connectivity index (χ4n) is 4.52. The van der Waals surface area contributed by atoms with Crippen molar-refractivity contribution in [3.63, 3.8) is 0 Å². The molecule has 1 aromatic heterocycles. The Labute approximate surface area is 205 Å². The number of benzene rings is 2. The van der Waals surface area contributed by atoms with Crippen LogP contribution in [0.1, 0.15) is 47.0 Å². The van der Waals surface area contributed by atoms with Gasteiger partial charge in [0.15, 0.2) is 0 Å². The zero-order valence-corrected chi connectivity index (χ0v) is 20.2. The van der Waals surface area contributed by atoms with Gasteiger partial charge in [-0.25, -0.2) is 0 Å². The van der Waals surface area contributed by atoms with E-state index in [1.54, 1.807) is 19.2 Å². The lowest BCUT2D eigenvalue weighted by molar-refractivity contribution is -0.137. The summed E-state index contributed by atoms with van der Waals surface area (Å²) in [5, 5.41) is 12.5. The van der Waals surface area contributed by atoms with Crippen LogP contribution < -0.4 is 5.32 Å². The van der Waals surface area contributed by atoms with Crippen LogP contribution in [-0.4, -0.2) is 48.7 Å². The lowest BCUT2D eigenvalue weighted by Gasteiger charge is -2.31. The van der Waals surface area contributed by atoms with E-state index in [2.05, 4.69) is 11.4 Å². The van der Waals surface area contributed by atoms with E-state index in [4.69, 9.17) is 14.3 Å². The van der Waals surface area contributed by atoms with Gasteiger partial charge in [0.25, 0.3) is 5.91 Å². The minimum atomic E-state index is -0.923. The summed E-state index contributed by atoms with van der Waals surface area (Å²) in [7, 11) is 1.62. The Hall–Kier alpha value is -3.58. The van der Waals surface area contributed by atoms with Gasteiger partial charge in [-0.05, 0) is 56.0 Å². The van der Waals surface area contributed by atoms with Crippen molar-refractivity contribution in [2.75, 3.05) is 32.1 Å². The van der Waals surface area contributed by atoms with Crippen molar-refractivity contribution in [2.45, 2.75) is 32.2 Å². The molecule has 0 spiro atoms. The van der Waals surface area contributed by atoms with E-state index in [-0.39, 0.29) is 24.9 Å². The number of amides is 1. The Morgan fingerprint density at radius 3 is 2.43 bits per heavy atom. The first-order chi connectivity index (χ1) is 16.9. The Morgan fingerprint density at radius 1 is 1.09 bits per heavy atom. The number of aryl methyl sites for hydroxylation is 1. The first kappa shape index (κ1) is 24.5. The molecule has 4 rings (SSSR count). The lowest BCUT2D eigenvalue weighted by atomic mass is 9.86. The minimum Gasteiger partial charge on any atom is -0.481 e. The SMILES string of the molecule is Cc1oc(-c2ccccc2)cc1C(Nc1ccc(C(=O)N(C)CCC(=O)O)cc1)C1CCOCC1. The second-order valence-corrected chi connectivity index (χ2v) is 9.01. The maximum atomic E-state index is 12.6. The van der Waals surface area contributed by atoms with E-state index in [9.17, 15) is 9.59 Å². The number of nitrogens with one attached hydrogen (secondary N) is 1. The molecule has 7 nitrogen and oxygen atoms in total. The van der Waals surface area contributed by atoms with Crippen LogP contribution in [0.5, 0.6) is 0 Å². The van der Waals surface area contributed by atoms with Crippen LogP contribution in [-0.2, 0) is 9.53 Å². The monoisotopic (exact) mass is 476 g/mol. The Balaban J connectivity index is 1.54. The van der Waals surface area contributed by atoms with Gasteiger partial charge in [-0.3, -0.25) is 9.59 Å². The fraction of sp³-hybridized carbons (Fsp3) is 0.357. The maximum absolute atomic E-state index is 12.6. The molecule has 1 unspecified atom stereocenters. The number of nitrogens with zero attached hydrogens (tertiary/aromatic N) is 1. The number of hydrogen-bond acceptors (Lipinski definition) is 5. The third-order valence-electron chi connectivity index (χ3n) is 6.55. The van der Waals surface area contributed by atoms with Crippen LogP contribution >= 0.6 is 0 Å². The van der Waals surface area contributed by atoms with Gasteiger partial charge < -0.3 is 24.5 Å². The first-order valence-corrected chi connectivity index (χ1v) is 12.0. The maximum Gasteiger partial charge on any atom is 0.305 e. The van der Waals surface area contributed by atoms with Gasteiger partial charge in [-0.2, -0.15) is 0 Å². The highest BCUT2D eigenvalue weighted by atomic mass is 16.5. The first-order valence-electron chi connectivity index (χ1n) is 12.0. The molecule has 184 valence electrons. The molecule has 1 saturated heterocycles. The summed E-state index contributed by atoms with van der Waals surface area (Å²) in [5.41, 5.74) is 3.61.